The van der Waals surface area contributed by atoms with Gasteiger partial charge in [-0.05, 0) is 18.2 Å². The number of hydrogen-bond acceptors (Lipinski definition) is 5. The van der Waals surface area contributed by atoms with E-state index >= 15 is 0 Å². The summed E-state index contributed by atoms with van der Waals surface area (Å²) >= 11 is 0. The SMILES string of the molecule is CNC(=O)C1CNCCN1Cc1cc(OC)ccc1O. The zero-order valence-corrected chi connectivity index (χ0v) is 11.8. The lowest BCUT2D eigenvalue weighted by molar-refractivity contribution is -0.126. The van der Waals surface area contributed by atoms with E-state index in [1.807, 2.05) is 0 Å². The Bertz CT molecular complexity index is 479. The summed E-state index contributed by atoms with van der Waals surface area (Å²) in [7, 11) is 3.23. The van der Waals surface area contributed by atoms with Crippen molar-refractivity contribution in [2.24, 2.45) is 0 Å². The molecule has 1 aliphatic heterocycles. The molecule has 1 aliphatic rings. The Morgan fingerprint density at radius 1 is 1.60 bits per heavy atom. The fourth-order valence-electron chi connectivity index (χ4n) is 2.40. The van der Waals surface area contributed by atoms with Crippen LogP contribution in [0.3, 0.4) is 0 Å². The molecule has 1 atom stereocenters. The molecule has 1 aromatic rings. The summed E-state index contributed by atoms with van der Waals surface area (Å²) in [5.41, 5.74) is 0.764. The van der Waals surface area contributed by atoms with Crippen LogP contribution in [0, 0.1) is 0 Å². The van der Waals surface area contributed by atoms with E-state index in [2.05, 4.69) is 15.5 Å². The van der Waals surface area contributed by atoms with Crippen LogP contribution in [0.2, 0.25) is 0 Å². The molecule has 1 saturated heterocycles. The Balaban J connectivity index is 2.16. The van der Waals surface area contributed by atoms with Gasteiger partial charge in [0, 0.05) is 38.8 Å². The highest BCUT2D eigenvalue weighted by Crippen LogP contribution is 2.25. The molecule has 0 bridgehead atoms. The summed E-state index contributed by atoms with van der Waals surface area (Å²) in [5.74, 6) is 0.906. The van der Waals surface area contributed by atoms with Gasteiger partial charge in [-0.25, -0.2) is 0 Å². The van der Waals surface area contributed by atoms with Crippen molar-refractivity contribution in [1.29, 1.82) is 0 Å². The van der Waals surface area contributed by atoms with Crippen LogP contribution in [0.15, 0.2) is 18.2 Å². The molecule has 0 saturated carbocycles. The summed E-state index contributed by atoms with van der Waals surface area (Å²) in [6, 6.07) is 4.91. The number of carbonyl (C=O) groups is 1. The molecule has 0 spiro atoms. The van der Waals surface area contributed by atoms with Crippen LogP contribution < -0.4 is 15.4 Å². The number of rotatable bonds is 4. The highest BCUT2D eigenvalue weighted by molar-refractivity contribution is 5.81. The number of piperazine rings is 1. The number of hydrogen-bond donors (Lipinski definition) is 3. The molecule has 110 valence electrons. The highest BCUT2D eigenvalue weighted by Gasteiger charge is 2.28. The summed E-state index contributed by atoms with van der Waals surface area (Å²) < 4.78 is 5.17. The summed E-state index contributed by atoms with van der Waals surface area (Å²) in [4.78, 5) is 14.0. The molecule has 6 nitrogen and oxygen atoms in total. The largest absolute Gasteiger partial charge is 0.508 e. The van der Waals surface area contributed by atoms with Crippen molar-refractivity contribution < 1.29 is 14.6 Å². The number of nitrogens with one attached hydrogen (secondary N) is 2. The molecule has 1 aromatic carbocycles. The van der Waals surface area contributed by atoms with Crippen molar-refractivity contribution in [3.05, 3.63) is 23.8 Å². The fourth-order valence-corrected chi connectivity index (χ4v) is 2.40. The Morgan fingerprint density at radius 3 is 3.10 bits per heavy atom. The Morgan fingerprint density at radius 2 is 2.40 bits per heavy atom. The maximum Gasteiger partial charge on any atom is 0.238 e. The van der Waals surface area contributed by atoms with Crippen LogP contribution in [0.4, 0.5) is 0 Å². The van der Waals surface area contributed by atoms with Gasteiger partial charge in [-0.15, -0.1) is 0 Å². The van der Waals surface area contributed by atoms with E-state index in [9.17, 15) is 9.90 Å². The van der Waals surface area contributed by atoms with Crippen LogP contribution in [-0.2, 0) is 11.3 Å². The second-order valence-corrected chi connectivity index (χ2v) is 4.80. The van der Waals surface area contributed by atoms with E-state index in [1.165, 1.54) is 0 Å². The Kier molecular flexibility index (Phi) is 4.81. The summed E-state index contributed by atoms with van der Waals surface area (Å²) in [6.07, 6.45) is 0. The average Bonchev–Trinajstić information content (AvgIpc) is 2.49. The topological polar surface area (TPSA) is 73.8 Å². The first-order valence-corrected chi connectivity index (χ1v) is 6.68. The number of carbonyl (C=O) groups excluding carboxylic acids is 1. The molecule has 0 radical (unpaired) electrons. The van der Waals surface area contributed by atoms with Gasteiger partial charge in [0.15, 0.2) is 0 Å². The zero-order chi connectivity index (χ0) is 14.5. The first-order chi connectivity index (χ1) is 9.65. The minimum Gasteiger partial charge on any atom is -0.508 e. The number of benzene rings is 1. The van der Waals surface area contributed by atoms with E-state index in [0.717, 1.165) is 18.7 Å². The lowest BCUT2D eigenvalue weighted by atomic mass is 10.1. The molecule has 3 N–H and O–H groups in total. The van der Waals surface area contributed by atoms with Crippen LogP contribution in [-0.4, -0.2) is 55.7 Å². The van der Waals surface area contributed by atoms with Gasteiger partial charge in [-0.3, -0.25) is 9.69 Å². The van der Waals surface area contributed by atoms with E-state index in [1.54, 1.807) is 32.4 Å². The lowest BCUT2D eigenvalue weighted by Gasteiger charge is -2.35. The lowest BCUT2D eigenvalue weighted by Crippen LogP contribution is -2.56. The fraction of sp³-hybridized carbons (Fsp3) is 0.500. The number of phenolic OH excluding ortho intramolecular Hbond substituents is 1. The van der Waals surface area contributed by atoms with Crippen molar-refractivity contribution in [1.82, 2.24) is 15.5 Å². The monoisotopic (exact) mass is 279 g/mol. The van der Waals surface area contributed by atoms with Gasteiger partial charge in [0.2, 0.25) is 5.91 Å². The number of phenols is 1. The van der Waals surface area contributed by atoms with Crippen molar-refractivity contribution in [2.75, 3.05) is 33.8 Å². The summed E-state index contributed by atoms with van der Waals surface area (Å²) in [5, 5.41) is 15.8. The number of nitrogens with zero attached hydrogens (tertiary/aromatic N) is 1. The standard InChI is InChI=1S/C14H21N3O3/c1-15-14(19)12-8-16-5-6-17(12)9-10-7-11(20-2)3-4-13(10)18/h3-4,7,12,16,18H,5-6,8-9H2,1-2H3,(H,15,19). The van der Waals surface area contributed by atoms with Crippen molar-refractivity contribution in [3.63, 3.8) is 0 Å². The van der Waals surface area contributed by atoms with Crippen molar-refractivity contribution in [2.45, 2.75) is 12.6 Å². The molecule has 0 aliphatic carbocycles. The van der Waals surface area contributed by atoms with E-state index in [4.69, 9.17) is 4.74 Å². The Hall–Kier alpha value is -1.79. The molecule has 6 heteroatoms. The summed E-state index contributed by atoms with van der Waals surface area (Å²) in [6.45, 7) is 2.72. The third kappa shape index (κ3) is 3.20. The number of amides is 1. The second kappa shape index (κ2) is 6.58. The second-order valence-electron chi connectivity index (χ2n) is 4.80. The van der Waals surface area contributed by atoms with E-state index in [0.29, 0.717) is 18.8 Å². The molecule has 1 amide bonds. The minimum atomic E-state index is -0.223. The van der Waals surface area contributed by atoms with Crippen LogP contribution in [0.1, 0.15) is 5.56 Å². The minimum absolute atomic E-state index is 0.0143. The third-order valence-corrected chi connectivity index (χ3v) is 3.56. The predicted octanol–water partition coefficient (Wildman–Crippen LogP) is -0.0794. The molecule has 1 heterocycles. The van der Waals surface area contributed by atoms with Crippen LogP contribution >= 0.6 is 0 Å². The molecule has 2 rings (SSSR count). The maximum atomic E-state index is 11.9. The van der Waals surface area contributed by atoms with E-state index < -0.39 is 0 Å². The Labute approximate surface area is 118 Å². The zero-order valence-electron chi connectivity index (χ0n) is 11.8. The quantitative estimate of drug-likeness (QED) is 0.719. The molecule has 1 fully saturated rings. The van der Waals surface area contributed by atoms with Crippen molar-refractivity contribution >= 4 is 5.91 Å². The maximum absolute atomic E-state index is 11.9. The molecule has 1 unspecified atom stereocenters. The number of ether oxygens (including phenoxy) is 1. The van der Waals surface area contributed by atoms with Gasteiger partial charge in [-0.2, -0.15) is 0 Å². The van der Waals surface area contributed by atoms with Crippen LogP contribution in [0.5, 0.6) is 11.5 Å². The smallest absolute Gasteiger partial charge is 0.238 e. The van der Waals surface area contributed by atoms with Gasteiger partial charge in [-0.1, -0.05) is 0 Å². The predicted molar refractivity (Wildman–Crippen MR) is 75.8 cm³/mol. The molecule has 20 heavy (non-hydrogen) atoms. The molecule has 0 aromatic heterocycles. The third-order valence-electron chi connectivity index (χ3n) is 3.56. The van der Waals surface area contributed by atoms with Crippen LogP contribution in [0.25, 0.3) is 0 Å². The average molecular weight is 279 g/mol. The van der Waals surface area contributed by atoms with Gasteiger partial charge < -0.3 is 20.5 Å². The molecular weight excluding hydrogens is 258 g/mol. The van der Waals surface area contributed by atoms with Gasteiger partial charge in [0.1, 0.15) is 17.5 Å². The van der Waals surface area contributed by atoms with Gasteiger partial charge in [0.05, 0.1) is 7.11 Å². The first kappa shape index (κ1) is 14.6. The van der Waals surface area contributed by atoms with Gasteiger partial charge in [0.25, 0.3) is 0 Å². The number of methoxy groups -OCH3 is 1. The van der Waals surface area contributed by atoms with E-state index in [-0.39, 0.29) is 17.7 Å². The first-order valence-electron chi connectivity index (χ1n) is 6.68. The highest BCUT2D eigenvalue weighted by atomic mass is 16.5. The normalized spacial score (nSPS) is 19.6. The molecular formula is C14H21N3O3. The number of likely N-dealkylation sites (N-methyl/N-ethyl adjacent to an activating group) is 1. The number of aromatic hydroxyl groups is 1. The van der Waals surface area contributed by atoms with Gasteiger partial charge >= 0.3 is 0 Å². The van der Waals surface area contributed by atoms with Crippen molar-refractivity contribution in [3.8, 4) is 11.5 Å².